The van der Waals surface area contributed by atoms with Gasteiger partial charge in [0.05, 0.1) is 22.2 Å². The van der Waals surface area contributed by atoms with Gasteiger partial charge < -0.3 is 9.30 Å². The number of nitrogens with zero attached hydrogens (tertiary/aromatic N) is 3. The Morgan fingerprint density at radius 2 is 2.00 bits per heavy atom. The average Bonchev–Trinajstić information content (AvgIpc) is 3.04. The van der Waals surface area contributed by atoms with Gasteiger partial charge in [-0.2, -0.15) is 4.99 Å². The lowest BCUT2D eigenvalue weighted by Crippen LogP contribution is -2.22. The van der Waals surface area contributed by atoms with Gasteiger partial charge in [-0.05, 0) is 35.9 Å². The molecule has 0 unspecified atom stereocenters. The van der Waals surface area contributed by atoms with E-state index in [1.165, 1.54) is 60.2 Å². The molecular formula is C19H14FN3O5S. The number of nitro groups is 1. The van der Waals surface area contributed by atoms with Crippen LogP contribution in [-0.4, -0.2) is 28.5 Å². The van der Waals surface area contributed by atoms with Gasteiger partial charge in [0.2, 0.25) is 0 Å². The Bertz CT molecular complexity index is 1190. The molecule has 10 heteroatoms. The molecule has 0 N–H and O–H groups in total. The van der Waals surface area contributed by atoms with Crippen LogP contribution in [0, 0.1) is 15.9 Å². The highest BCUT2D eigenvalue weighted by molar-refractivity contribution is 7.16. The molecule has 0 bridgehead atoms. The van der Waals surface area contributed by atoms with Crippen LogP contribution >= 0.6 is 11.3 Å². The van der Waals surface area contributed by atoms with Crippen molar-refractivity contribution in [1.82, 2.24) is 4.57 Å². The van der Waals surface area contributed by atoms with E-state index in [9.17, 15) is 24.1 Å². The molecule has 1 amide bonds. The van der Waals surface area contributed by atoms with Crippen molar-refractivity contribution in [3.8, 4) is 0 Å². The lowest BCUT2D eigenvalue weighted by molar-refractivity contribution is -0.384. The summed E-state index contributed by atoms with van der Waals surface area (Å²) in [6.07, 6.45) is 2.64. The number of benzene rings is 2. The minimum Gasteiger partial charge on any atom is -0.468 e. The minimum absolute atomic E-state index is 0.0608. The van der Waals surface area contributed by atoms with Gasteiger partial charge in [0.1, 0.15) is 12.4 Å². The number of hydrogen-bond acceptors (Lipinski definition) is 6. The number of aromatic nitrogens is 1. The van der Waals surface area contributed by atoms with Crippen LogP contribution < -0.4 is 4.80 Å². The number of halogens is 1. The number of non-ortho nitro benzene ring substituents is 1. The Kier molecular flexibility index (Phi) is 5.93. The molecule has 148 valence electrons. The summed E-state index contributed by atoms with van der Waals surface area (Å²) in [7, 11) is 1.21. The first-order valence-corrected chi connectivity index (χ1v) is 9.06. The fourth-order valence-electron chi connectivity index (χ4n) is 2.52. The summed E-state index contributed by atoms with van der Waals surface area (Å²) in [6.45, 7) is -0.296. The predicted octanol–water partition coefficient (Wildman–Crippen LogP) is 3.06. The maximum atomic E-state index is 14.3. The number of carbonyl (C=O) groups is 2. The molecule has 2 aromatic carbocycles. The number of para-hydroxylation sites is 1. The molecule has 3 rings (SSSR count). The minimum atomic E-state index is -0.631. The zero-order chi connectivity index (χ0) is 21.0. The molecule has 8 nitrogen and oxygen atoms in total. The Balaban J connectivity index is 1.95. The van der Waals surface area contributed by atoms with Gasteiger partial charge in [0.15, 0.2) is 4.80 Å². The van der Waals surface area contributed by atoms with Crippen molar-refractivity contribution in [2.75, 3.05) is 7.11 Å². The van der Waals surface area contributed by atoms with Gasteiger partial charge in [0.25, 0.3) is 11.6 Å². The number of thiazole rings is 1. The largest absolute Gasteiger partial charge is 0.468 e. The second kappa shape index (κ2) is 8.57. The summed E-state index contributed by atoms with van der Waals surface area (Å²) in [5.74, 6) is -1.78. The fourth-order valence-corrected chi connectivity index (χ4v) is 3.57. The van der Waals surface area contributed by atoms with E-state index < -0.39 is 22.6 Å². The van der Waals surface area contributed by atoms with E-state index in [2.05, 4.69) is 9.73 Å². The van der Waals surface area contributed by atoms with Crippen molar-refractivity contribution < 1.29 is 23.6 Å². The Morgan fingerprint density at radius 1 is 1.28 bits per heavy atom. The van der Waals surface area contributed by atoms with Gasteiger partial charge in [-0.1, -0.05) is 17.4 Å². The summed E-state index contributed by atoms with van der Waals surface area (Å²) in [5.41, 5.74) is 0.673. The van der Waals surface area contributed by atoms with E-state index in [-0.39, 0.29) is 22.6 Å². The number of rotatable bonds is 5. The van der Waals surface area contributed by atoms with Crippen LogP contribution in [0.2, 0.25) is 0 Å². The number of methoxy groups -OCH3 is 1. The zero-order valence-electron chi connectivity index (χ0n) is 15.1. The van der Waals surface area contributed by atoms with Crippen molar-refractivity contribution in [3.05, 3.63) is 74.8 Å². The first-order valence-electron chi connectivity index (χ1n) is 8.25. The maximum absolute atomic E-state index is 14.3. The lowest BCUT2D eigenvalue weighted by Gasteiger charge is -2.03. The molecule has 0 radical (unpaired) electrons. The van der Waals surface area contributed by atoms with Gasteiger partial charge in [-0.15, -0.1) is 0 Å². The van der Waals surface area contributed by atoms with Crippen LogP contribution in [0.25, 0.3) is 16.3 Å². The summed E-state index contributed by atoms with van der Waals surface area (Å²) in [5, 5.41) is 10.7. The normalized spacial score (nSPS) is 11.9. The molecule has 1 heterocycles. The van der Waals surface area contributed by atoms with Crippen LogP contribution in [0.1, 0.15) is 5.56 Å². The molecule has 0 saturated carbocycles. The highest BCUT2D eigenvalue weighted by Gasteiger charge is 2.14. The number of nitro benzene ring substituents is 1. The highest BCUT2D eigenvalue weighted by Crippen LogP contribution is 2.20. The molecular weight excluding hydrogens is 401 g/mol. The molecule has 0 aliphatic rings. The second-order valence-corrected chi connectivity index (χ2v) is 6.77. The van der Waals surface area contributed by atoms with Crippen molar-refractivity contribution in [3.63, 3.8) is 0 Å². The molecule has 0 spiro atoms. The van der Waals surface area contributed by atoms with Crippen LogP contribution in [0.3, 0.4) is 0 Å². The Morgan fingerprint density at radius 3 is 2.66 bits per heavy atom. The number of esters is 1. The molecule has 1 aromatic heterocycles. The van der Waals surface area contributed by atoms with E-state index in [1.54, 1.807) is 6.07 Å². The first kappa shape index (κ1) is 20.1. The van der Waals surface area contributed by atoms with E-state index in [0.29, 0.717) is 10.3 Å². The van der Waals surface area contributed by atoms with Crippen LogP contribution in [0.5, 0.6) is 0 Å². The summed E-state index contributed by atoms with van der Waals surface area (Å²) in [6, 6.07) is 10.1. The number of carbonyl (C=O) groups excluding carboxylic acids is 2. The zero-order valence-corrected chi connectivity index (χ0v) is 15.9. The predicted molar refractivity (Wildman–Crippen MR) is 104 cm³/mol. The van der Waals surface area contributed by atoms with Crippen molar-refractivity contribution >= 4 is 45.2 Å². The van der Waals surface area contributed by atoms with Crippen molar-refractivity contribution in [2.24, 2.45) is 4.99 Å². The Hall–Kier alpha value is -3.66. The molecule has 0 fully saturated rings. The molecule has 0 saturated heterocycles. The van der Waals surface area contributed by atoms with Crippen LogP contribution in [0.15, 0.2) is 53.5 Å². The van der Waals surface area contributed by atoms with Crippen LogP contribution in [0.4, 0.5) is 10.1 Å². The summed E-state index contributed by atoms with van der Waals surface area (Å²) < 4.78 is 20.7. The number of fused-ring (bicyclic) bond motifs is 1. The average molecular weight is 415 g/mol. The summed E-state index contributed by atoms with van der Waals surface area (Å²) in [4.78, 5) is 38.2. The van der Waals surface area contributed by atoms with Gasteiger partial charge in [-0.25, -0.2) is 4.39 Å². The van der Waals surface area contributed by atoms with E-state index in [0.717, 1.165) is 11.3 Å². The second-order valence-electron chi connectivity index (χ2n) is 5.77. The molecule has 0 atom stereocenters. The quantitative estimate of drug-likeness (QED) is 0.276. The third kappa shape index (κ3) is 4.61. The van der Waals surface area contributed by atoms with Crippen LogP contribution in [-0.2, 0) is 20.9 Å². The van der Waals surface area contributed by atoms with E-state index >= 15 is 0 Å². The van der Waals surface area contributed by atoms with E-state index in [4.69, 9.17) is 0 Å². The van der Waals surface area contributed by atoms with Crippen molar-refractivity contribution in [2.45, 2.75) is 6.54 Å². The van der Waals surface area contributed by atoms with Gasteiger partial charge in [-0.3, -0.25) is 19.7 Å². The number of ether oxygens (including phenoxy) is 1. The standard InChI is InChI=1S/C19H14FN3O5S/c1-28-17(25)11-22-18-14(20)3-2-4-15(18)29-19(22)21-16(24)10-7-12-5-8-13(9-6-12)23(26)27/h2-10H,11H2,1H3. The first-order chi connectivity index (χ1) is 13.9. The molecule has 0 aliphatic carbocycles. The number of hydrogen-bond donors (Lipinski definition) is 0. The van der Waals surface area contributed by atoms with Crippen molar-refractivity contribution in [1.29, 1.82) is 0 Å². The smallest absolute Gasteiger partial charge is 0.325 e. The van der Waals surface area contributed by atoms with E-state index in [1.807, 2.05) is 0 Å². The third-order valence-electron chi connectivity index (χ3n) is 3.89. The monoisotopic (exact) mass is 415 g/mol. The fraction of sp³-hybridized carbons (Fsp3) is 0.105. The topological polar surface area (TPSA) is 104 Å². The van der Waals surface area contributed by atoms with Gasteiger partial charge in [0, 0.05) is 18.2 Å². The van der Waals surface area contributed by atoms with Gasteiger partial charge >= 0.3 is 5.97 Å². The Labute approximate surface area is 167 Å². The molecule has 3 aromatic rings. The number of amides is 1. The SMILES string of the molecule is COC(=O)Cn1c(=NC(=O)C=Cc2ccc([N+](=O)[O-])cc2)sc2cccc(F)c21. The molecule has 29 heavy (non-hydrogen) atoms. The third-order valence-corrected chi connectivity index (χ3v) is 4.94. The molecule has 0 aliphatic heterocycles. The summed E-state index contributed by atoms with van der Waals surface area (Å²) >= 11 is 1.06. The highest BCUT2D eigenvalue weighted by atomic mass is 32.1. The lowest BCUT2D eigenvalue weighted by atomic mass is 10.2. The maximum Gasteiger partial charge on any atom is 0.325 e.